The smallest absolute Gasteiger partial charge is 0.147 e. The molecule has 0 radical (unpaired) electrons. The Morgan fingerprint density at radius 2 is 1.76 bits per heavy atom. The molecule has 86 valence electrons. The van der Waals surface area contributed by atoms with E-state index in [1.165, 1.54) is 6.20 Å². The van der Waals surface area contributed by atoms with Crippen LogP contribution in [0.25, 0.3) is 0 Å². The van der Waals surface area contributed by atoms with E-state index in [2.05, 4.69) is 4.98 Å². The molecule has 1 N–H and O–H groups in total. The summed E-state index contributed by atoms with van der Waals surface area (Å²) >= 11 is 0. The molecule has 1 aromatic carbocycles. The van der Waals surface area contributed by atoms with Crippen LogP contribution in [0.3, 0.4) is 0 Å². The van der Waals surface area contributed by atoms with E-state index in [-0.39, 0.29) is 0 Å². The first kappa shape index (κ1) is 10.4. The minimum absolute atomic E-state index is 0.337. The highest BCUT2D eigenvalue weighted by Gasteiger charge is 2.38. The van der Waals surface area contributed by atoms with Gasteiger partial charge in [0.15, 0.2) is 0 Å². The Morgan fingerprint density at radius 3 is 2.35 bits per heavy atom. The second-order valence-electron chi connectivity index (χ2n) is 4.51. The number of nitrogens with zero attached hydrogens (tertiary/aromatic N) is 1. The van der Waals surface area contributed by atoms with Gasteiger partial charge in [0.25, 0.3) is 0 Å². The maximum absolute atomic E-state index is 13.7. The summed E-state index contributed by atoms with van der Waals surface area (Å²) in [5, 5.41) is 10.6. The molecule has 0 spiro atoms. The Kier molecular flexibility index (Phi) is 2.23. The lowest BCUT2D eigenvalue weighted by atomic mass is 9.91. The van der Waals surface area contributed by atoms with Crippen LogP contribution in [-0.4, -0.2) is 10.1 Å². The van der Waals surface area contributed by atoms with E-state index in [4.69, 9.17) is 0 Å². The number of benzene rings is 1. The Labute approximate surface area is 98.8 Å². The van der Waals surface area contributed by atoms with Gasteiger partial charge in [0.2, 0.25) is 0 Å². The van der Waals surface area contributed by atoms with Crippen LogP contribution in [0.2, 0.25) is 0 Å². The van der Waals surface area contributed by atoms with Crippen LogP contribution in [0.4, 0.5) is 4.39 Å². The molecule has 2 nitrogen and oxygen atoms in total. The summed E-state index contributed by atoms with van der Waals surface area (Å²) in [5.74, 6) is -0.442. The zero-order chi connectivity index (χ0) is 11.9. The summed E-state index contributed by atoms with van der Waals surface area (Å²) in [6, 6.07) is 9.39. The van der Waals surface area contributed by atoms with Crippen molar-refractivity contribution in [1.29, 1.82) is 0 Å². The Balaban J connectivity index is 2.05. The van der Waals surface area contributed by atoms with E-state index >= 15 is 0 Å². The highest BCUT2D eigenvalue weighted by Crippen LogP contribution is 2.38. The van der Waals surface area contributed by atoms with Crippen molar-refractivity contribution in [1.82, 2.24) is 4.98 Å². The topological polar surface area (TPSA) is 33.1 Å². The molecule has 0 unspecified atom stereocenters. The van der Waals surface area contributed by atoms with Gasteiger partial charge in [-0.25, -0.2) is 4.39 Å². The lowest BCUT2D eigenvalue weighted by molar-refractivity contribution is 0.0443. The lowest BCUT2D eigenvalue weighted by Gasteiger charge is -2.22. The van der Waals surface area contributed by atoms with Crippen LogP contribution < -0.4 is 0 Å². The molecule has 1 heterocycles. The van der Waals surface area contributed by atoms with Crippen LogP contribution in [-0.2, 0) is 18.4 Å². The second kappa shape index (κ2) is 3.64. The number of hydrogen-bond donors (Lipinski definition) is 1. The molecule has 0 amide bonds. The predicted octanol–water partition coefficient (Wildman–Crippen LogP) is 2.21. The zero-order valence-electron chi connectivity index (χ0n) is 9.23. The van der Waals surface area contributed by atoms with Gasteiger partial charge in [-0.2, -0.15) is 0 Å². The molecule has 1 aliphatic rings. The summed E-state index contributed by atoms with van der Waals surface area (Å²) in [6.45, 7) is 0. The lowest BCUT2D eigenvalue weighted by Crippen LogP contribution is -2.27. The molecule has 3 heteroatoms. The molecule has 0 fully saturated rings. The number of rotatable bonds is 1. The van der Waals surface area contributed by atoms with Gasteiger partial charge in [0.05, 0.1) is 6.20 Å². The summed E-state index contributed by atoms with van der Waals surface area (Å²) in [5.41, 5.74) is 1.39. The zero-order valence-corrected chi connectivity index (χ0v) is 9.23. The number of pyridine rings is 1. The summed E-state index contributed by atoms with van der Waals surface area (Å²) in [4.78, 5) is 3.71. The fourth-order valence-corrected chi connectivity index (χ4v) is 2.54. The third-order valence-electron chi connectivity index (χ3n) is 3.36. The predicted molar refractivity (Wildman–Crippen MR) is 61.9 cm³/mol. The van der Waals surface area contributed by atoms with Crippen molar-refractivity contribution in [2.24, 2.45) is 0 Å². The van der Waals surface area contributed by atoms with Gasteiger partial charge >= 0.3 is 0 Å². The van der Waals surface area contributed by atoms with Crippen LogP contribution >= 0.6 is 0 Å². The number of halogens is 1. The number of aliphatic hydroxyl groups is 1. The van der Waals surface area contributed by atoms with E-state index < -0.39 is 11.4 Å². The van der Waals surface area contributed by atoms with E-state index in [1.54, 1.807) is 6.07 Å². The minimum Gasteiger partial charge on any atom is -0.384 e. The third-order valence-corrected chi connectivity index (χ3v) is 3.36. The average molecular weight is 229 g/mol. The van der Waals surface area contributed by atoms with Gasteiger partial charge in [0, 0.05) is 24.6 Å². The highest BCUT2D eigenvalue weighted by molar-refractivity contribution is 5.39. The van der Waals surface area contributed by atoms with Crippen molar-refractivity contribution < 1.29 is 9.50 Å². The van der Waals surface area contributed by atoms with Crippen molar-refractivity contribution >= 4 is 0 Å². The molecule has 0 saturated carbocycles. The Morgan fingerprint density at radius 1 is 1.12 bits per heavy atom. The first-order valence-corrected chi connectivity index (χ1v) is 5.58. The van der Waals surface area contributed by atoms with Gasteiger partial charge in [-0.3, -0.25) is 4.98 Å². The van der Waals surface area contributed by atoms with E-state index in [0.29, 0.717) is 18.4 Å². The number of hydrogen-bond acceptors (Lipinski definition) is 2. The fourth-order valence-electron chi connectivity index (χ4n) is 2.54. The fraction of sp³-hybridized carbons (Fsp3) is 0.214. The van der Waals surface area contributed by atoms with Crippen molar-refractivity contribution in [2.45, 2.75) is 18.4 Å². The van der Waals surface area contributed by atoms with Crippen molar-refractivity contribution in [3.63, 3.8) is 0 Å². The quantitative estimate of drug-likeness (QED) is 0.813. The molecule has 0 bridgehead atoms. The maximum Gasteiger partial charge on any atom is 0.147 e. The molecular formula is C14H12FNO. The number of fused-ring (bicyclic) bond motifs is 1. The molecule has 2 aromatic rings. The first-order valence-electron chi connectivity index (χ1n) is 5.58. The number of aromatic nitrogens is 1. The molecule has 0 atom stereocenters. The first-order chi connectivity index (χ1) is 8.19. The molecule has 1 aliphatic carbocycles. The third kappa shape index (κ3) is 1.63. The van der Waals surface area contributed by atoms with Gasteiger partial charge in [-0.1, -0.05) is 24.3 Å². The monoisotopic (exact) mass is 229 g/mol. The van der Waals surface area contributed by atoms with E-state index in [9.17, 15) is 9.50 Å². The van der Waals surface area contributed by atoms with Crippen LogP contribution in [0.5, 0.6) is 0 Å². The molecule has 1 aromatic heterocycles. The Bertz CT molecular complexity index is 543. The molecule has 17 heavy (non-hydrogen) atoms. The summed E-state index contributed by atoms with van der Waals surface area (Å²) in [7, 11) is 0. The average Bonchev–Trinajstić information content (AvgIpc) is 2.66. The van der Waals surface area contributed by atoms with Gasteiger partial charge in [-0.15, -0.1) is 0 Å². The van der Waals surface area contributed by atoms with Crippen molar-refractivity contribution in [3.8, 4) is 0 Å². The van der Waals surface area contributed by atoms with Crippen molar-refractivity contribution in [3.05, 3.63) is 65.2 Å². The molecule has 0 saturated heterocycles. The highest BCUT2D eigenvalue weighted by atomic mass is 19.1. The molecule has 3 rings (SSSR count). The van der Waals surface area contributed by atoms with Crippen LogP contribution in [0.1, 0.15) is 16.7 Å². The molecular weight excluding hydrogens is 217 g/mol. The summed E-state index contributed by atoms with van der Waals surface area (Å²) in [6.07, 6.45) is 3.59. The SMILES string of the molecule is OC1(c2ccncc2F)Cc2ccccc2C1. The molecule has 0 aliphatic heterocycles. The van der Waals surface area contributed by atoms with E-state index in [1.807, 2.05) is 24.3 Å². The second-order valence-corrected chi connectivity index (χ2v) is 4.51. The standard InChI is InChI=1S/C14H12FNO/c15-13-9-16-6-5-12(13)14(17)7-10-3-1-2-4-11(10)8-14/h1-6,9,17H,7-8H2. The van der Waals surface area contributed by atoms with Crippen molar-refractivity contribution in [2.75, 3.05) is 0 Å². The Hall–Kier alpha value is -1.74. The van der Waals surface area contributed by atoms with Gasteiger partial charge in [0.1, 0.15) is 11.4 Å². The van der Waals surface area contributed by atoms with Crippen LogP contribution in [0.15, 0.2) is 42.7 Å². The minimum atomic E-state index is -1.13. The van der Waals surface area contributed by atoms with Crippen LogP contribution in [0, 0.1) is 5.82 Å². The largest absolute Gasteiger partial charge is 0.384 e. The normalized spacial score (nSPS) is 16.8. The maximum atomic E-state index is 13.7. The van der Waals surface area contributed by atoms with E-state index in [0.717, 1.165) is 17.3 Å². The summed E-state index contributed by atoms with van der Waals surface area (Å²) < 4.78 is 13.7. The van der Waals surface area contributed by atoms with Gasteiger partial charge < -0.3 is 5.11 Å². The van der Waals surface area contributed by atoms with Gasteiger partial charge in [-0.05, 0) is 17.2 Å².